The van der Waals surface area contributed by atoms with Gasteiger partial charge in [-0.2, -0.15) is 0 Å². The molecule has 0 saturated heterocycles. The van der Waals surface area contributed by atoms with E-state index in [2.05, 4.69) is 0 Å². The van der Waals surface area contributed by atoms with Crippen LogP contribution in [0.25, 0.3) is 0 Å². The Labute approximate surface area is 56.1 Å². The summed E-state index contributed by atoms with van der Waals surface area (Å²) in [6.45, 7) is 0. The molecule has 0 heterocycles. The molecule has 0 aliphatic rings. The monoisotopic (exact) mass is 263 g/mol. The average Bonchev–Trinajstić information content (AvgIpc) is 0. The van der Waals surface area contributed by atoms with Crippen molar-refractivity contribution in [3.63, 3.8) is 0 Å². The van der Waals surface area contributed by atoms with E-state index in [0.29, 0.717) is 0 Å². The fraction of sp³-hybridized carbons (Fsp3) is 0. The van der Waals surface area contributed by atoms with Crippen LogP contribution in [0.4, 0.5) is 0 Å². The molecule has 0 spiro atoms. The van der Waals surface area contributed by atoms with Crippen LogP contribution in [-0.2, 0) is 25.9 Å². The first-order valence-electron chi connectivity index (χ1n) is 0. The summed E-state index contributed by atoms with van der Waals surface area (Å²) < 4.78 is 0. The molecule has 0 aliphatic carbocycles. The van der Waals surface area contributed by atoms with Crippen molar-refractivity contribution < 1.29 is 25.9 Å². The SMILES string of the molecule is [CH3-].[CH3-].[CH3-].[CH3-].[O-2].[Re]. The van der Waals surface area contributed by atoms with E-state index in [9.17, 15) is 0 Å². The average molecular weight is 262 g/mol. The van der Waals surface area contributed by atoms with E-state index in [4.69, 9.17) is 0 Å². The fourth-order valence-electron chi connectivity index (χ4n) is 0. The molecule has 1 radical (unpaired) electrons. The zero-order valence-electron chi connectivity index (χ0n) is 4.79. The molecule has 0 atom stereocenters. The molecule has 0 aromatic heterocycles. The van der Waals surface area contributed by atoms with E-state index in [1.54, 1.807) is 0 Å². The third kappa shape index (κ3) is 157. The van der Waals surface area contributed by atoms with Gasteiger partial charge in [-0.1, -0.05) is 0 Å². The zero-order valence-corrected chi connectivity index (χ0v) is 7.50. The molecule has 0 rings (SSSR count). The summed E-state index contributed by atoms with van der Waals surface area (Å²) in [7, 11) is 0. The van der Waals surface area contributed by atoms with Crippen LogP contribution in [0.15, 0.2) is 0 Å². The summed E-state index contributed by atoms with van der Waals surface area (Å²) in [5.41, 5.74) is 0. The van der Waals surface area contributed by atoms with Crippen LogP contribution in [-0.4, -0.2) is 0 Å². The van der Waals surface area contributed by atoms with Crippen molar-refractivity contribution >= 4 is 0 Å². The standard InChI is InChI=1S/4CH3.O.Re/h4*1H3;;/q4*-1;-2;. The third-order valence-corrected chi connectivity index (χ3v) is 0. The minimum absolute atomic E-state index is 0. The van der Waals surface area contributed by atoms with Crippen molar-refractivity contribution in [2.45, 2.75) is 0 Å². The second-order valence-corrected chi connectivity index (χ2v) is 0. The Hall–Kier alpha value is 0.622. The van der Waals surface area contributed by atoms with Crippen molar-refractivity contribution in [2.75, 3.05) is 0 Å². The Morgan fingerprint density at radius 2 is 0.500 bits per heavy atom. The molecule has 0 amide bonds. The first kappa shape index (κ1) is 540. The summed E-state index contributed by atoms with van der Waals surface area (Å²) in [5, 5.41) is 0. The van der Waals surface area contributed by atoms with Crippen LogP contribution in [0.2, 0.25) is 0 Å². The number of rotatable bonds is 0. The van der Waals surface area contributed by atoms with Crippen LogP contribution in [0.3, 0.4) is 0 Å². The van der Waals surface area contributed by atoms with E-state index in [1.807, 2.05) is 0 Å². The van der Waals surface area contributed by atoms with Crippen molar-refractivity contribution in [3.05, 3.63) is 29.7 Å². The minimum atomic E-state index is 0. The van der Waals surface area contributed by atoms with Gasteiger partial charge in [-0.05, 0) is 0 Å². The van der Waals surface area contributed by atoms with Crippen LogP contribution in [0.5, 0.6) is 0 Å². The molecule has 0 bridgehead atoms. The second-order valence-electron chi connectivity index (χ2n) is 0. The van der Waals surface area contributed by atoms with Crippen LogP contribution >= 0.6 is 0 Å². The molecule has 47 valence electrons. The Bertz CT molecular complexity index is 7.51. The van der Waals surface area contributed by atoms with Crippen molar-refractivity contribution in [1.82, 2.24) is 0 Å². The topological polar surface area (TPSA) is 28.5 Å². The van der Waals surface area contributed by atoms with Gasteiger partial charge in [0.05, 0.1) is 0 Å². The Kier molecular flexibility index (Phi) is 27900. The van der Waals surface area contributed by atoms with Gasteiger partial charge in [0.2, 0.25) is 0 Å². The maximum Gasteiger partial charge on any atom is 0 e. The van der Waals surface area contributed by atoms with Gasteiger partial charge in [-0.15, -0.1) is 0 Å². The molecule has 0 aromatic rings. The Morgan fingerprint density at radius 1 is 0.500 bits per heavy atom. The second kappa shape index (κ2) is 310. The quantitative estimate of drug-likeness (QED) is 0.594. The van der Waals surface area contributed by atoms with Crippen molar-refractivity contribution in [3.8, 4) is 0 Å². The van der Waals surface area contributed by atoms with E-state index in [0.717, 1.165) is 0 Å². The molecule has 0 fully saturated rings. The third-order valence-electron chi connectivity index (χ3n) is 0. The van der Waals surface area contributed by atoms with Crippen LogP contribution < -0.4 is 0 Å². The Morgan fingerprint density at radius 3 is 0.500 bits per heavy atom. The normalized spacial score (nSPS) is 0. The largest absolute Gasteiger partial charge is 2.00 e. The minimum Gasteiger partial charge on any atom is -2.00 e. The molecule has 0 N–H and O–H groups in total. The van der Waals surface area contributed by atoms with Crippen LogP contribution in [0, 0.1) is 29.7 Å². The zero-order chi connectivity index (χ0) is 0. The Balaban J connectivity index is 0. The molecule has 6 heavy (non-hydrogen) atoms. The molecular weight excluding hydrogens is 250 g/mol. The van der Waals surface area contributed by atoms with E-state index in [-0.39, 0.29) is 55.6 Å². The maximum absolute atomic E-state index is 0. The van der Waals surface area contributed by atoms with Gasteiger partial charge in [0.15, 0.2) is 0 Å². The van der Waals surface area contributed by atoms with Gasteiger partial charge in [-0.3, -0.25) is 0 Å². The summed E-state index contributed by atoms with van der Waals surface area (Å²) in [5.74, 6) is 0. The first-order chi connectivity index (χ1) is 0. The van der Waals surface area contributed by atoms with Gasteiger partial charge in [0.25, 0.3) is 0 Å². The van der Waals surface area contributed by atoms with Gasteiger partial charge in [0.1, 0.15) is 0 Å². The van der Waals surface area contributed by atoms with Gasteiger partial charge >= 0.3 is 0 Å². The fourth-order valence-corrected chi connectivity index (χ4v) is 0. The predicted octanol–water partition coefficient (Wildman–Crippen LogP) is 1.68. The van der Waals surface area contributed by atoms with E-state index in [1.165, 1.54) is 0 Å². The van der Waals surface area contributed by atoms with E-state index < -0.39 is 0 Å². The molecule has 1 nitrogen and oxygen atoms in total. The summed E-state index contributed by atoms with van der Waals surface area (Å²) in [6, 6.07) is 0. The number of hydrogen-bond acceptors (Lipinski definition) is 0. The van der Waals surface area contributed by atoms with Gasteiger partial charge < -0.3 is 35.2 Å². The van der Waals surface area contributed by atoms with Crippen molar-refractivity contribution in [2.24, 2.45) is 0 Å². The first-order valence-corrected chi connectivity index (χ1v) is 0. The predicted molar refractivity (Wildman–Crippen MR) is 26.3 cm³/mol. The van der Waals surface area contributed by atoms with Crippen LogP contribution in [0.1, 0.15) is 0 Å². The van der Waals surface area contributed by atoms with E-state index >= 15 is 0 Å². The molecule has 0 saturated carbocycles. The number of hydrogen-bond donors (Lipinski definition) is 0. The van der Waals surface area contributed by atoms with Gasteiger partial charge in [-0.25, -0.2) is 0 Å². The molecule has 0 aromatic carbocycles. The molecule has 0 aliphatic heterocycles. The maximum atomic E-state index is 0. The molecular formula is C4H12ORe-6. The summed E-state index contributed by atoms with van der Waals surface area (Å²) >= 11 is 0. The molecule has 2 heteroatoms. The molecule has 0 unspecified atom stereocenters. The van der Waals surface area contributed by atoms with Gasteiger partial charge in [0, 0.05) is 20.4 Å². The summed E-state index contributed by atoms with van der Waals surface area (Å²) in [6.07, 6.45) is 0. The van der Waals surface area contributed by atoms with Crippen molar-refractivity contribution in [1.29, 1.82) is 0 Å². The summed E-state index contributed by atoms with van der Waals surface area (Å²) in [4.78, 5) is 0. The smallest absolute Gasteiger partial charge is 0 e.